The number of quaternary nitrogens is 1. The monoisotopic (exact) mass is 314 g/mol. The Morgan fingerprint density at radius 3 is 1.90 bits per heavy atom. The molecule has 0 saturated heterocycles. The van der Waals surface area contributed by atoms with E-state index >= 15 is 0 Å². The molecular weight excluding hydrogens is 302 g/mol. The number of amides is 1. The van der Waals surface area contributed by atoms with Gasteiger partial charge in [-0.1, -0.05) is 0 Å². The SMILES string of the molecule is COCC([NH3+])C(=O)NCC(F)(F)F.O=C([O-])C(F)(F)F. The Balaban J connectivity index is 0. The largest absolute Gasteiger partial charge is 0.542 e. The maximum Gasteiger partial charge on any atom is 0.430 e. The summed E-state index contributed by atoms with van der Waals surface area (Å²) in [4.78, 5) is 19.6. The molecule has 1 amide bonds. The Hall–Kier alpha value is -1.56. The predicted molar refractivity (Wildman–Crippen MR) is 48.7 cm³/mol. The molecule has 0 bridgehead atoms. The van der Waals surface area contributed by atoms with Gasteiger partial charge in [0.15, 0.2) is 6.04 Å². The molecule has 1 atom stereocenters. The summed E-state index contributed by atoms with van der Waals surface area (Å²) in [7, 11) is 1.34. The van der Waals surface area contributed by atoms with Crippen molar-refractivity contribution in [1.29, 1.82) is 0 Å². The van der Waals surface area contributed by atoms with Gasteiger partial charge in [-0.15, -0.1) is 0 Å². The smallest absolute Gasteiger partial charge is 0.430 e. The molecule has 6 nitrogen and oxygen atoms in total. The first-order chi connectivity index (χ1) is 8.81. The molecule has 0 aliphatic carbocycles. The third kappa shape index (κ3) is 12.9. The summed E-state index contributed by atoms with van der Waals surface area (Å²) in [5.74, 6) is -3.77. The molecule has 4 N–H and O–H groups in total. The van der Waals surface area contributed by atoms with E-state index in [0.29, 0.717) is 0 Å². The van der Waals surface area contributed by atoms with Gasteiger partial charge in [0.2, 0.25) is 0 Å². The number of carboxylic acids is 1. The van der Waals surface area contributed by atoms with E-state index < -0.39 is 36.8 Å². The van der Waals surface area contributed by atoms with Gasteiger partial charge in [-0.3, -0.25) is 4.79 Å². The number of alkyl halides is 6. The van der Waals surface area contributed by atoms with E-state index in [4.69, 9.17) is 9.90 Å². The molecule has 0 aromatic heterocycles. The molecule has 0 aromatic carbocycles. The maximum atomic E-state index is 11.6. The highest BCUT2D eigenvalue weighted by atomic mass is 19.4. The second-order valence-electron chi connectivity index (χ2n) is 3.27. The molecular formula is C8H12F6N2O4. The molecule has 0 radical (unpaired) electrons. The minimum absolute atomic E-state index is 0.00366. The van der Waals surface area contributed by atoms with Gasteiger partial charge >= 0.3 is 12.4 Å². The molecule has 0 fully saturated rings. The molecule has 0 rings (SSSR count). The van der Waals surface area contributed by atoms with Crippen molar-refractivity contribution in [2.24, 2.45) is 0 Å². The molecule has 12 heteroatoms. The molecule has 0 spiro atoms. The van der Waals surface area contributed by atoms with E-state index in [2.05, 4.69) is 10.5 Å². The Morgan fingerprint density at radius 1 is 1.25 bits per heavy atom. The summed E-state index contributed by atoms with van der Waals surface area (Å²) in [6, 6.07) is -0.813. The summed E-state index contributed by atoms with van der Waals surface area (Å²) in [6.45, 7) is -1.33. The fourth-order valence-electron chi connectivity index (χ4n) is 0.609. The Bertz CT molecular complexity index is 317. The fourth-order valence-corrected chi connectivity index (χ4v) is 0.609. The summed E-state index contributed by atoms with van der Waals surface area (Å²) in [5, 5.41) is 10.5. The predicted octanol–water partition coefficient (Wildman–Crippen LogP) is -1.78. The van der Waals surface area contributed by atoms with Gasteiger partial charge in [0.25, 0.3) is 5.91 Å². The number of aliphatic carboxylic acids is 1. The number of ether oxygens (including phenoxy) is 1. The molecule has 0 aliphatic rings. The number of halogens is 6. The first-order valence-electron chi connectivity index (χ1n) is 4.76. The first kappa shape index (κ1) is 20.8. The highest BCUT2D eigenvalue weighted by molar-refractivity contribution is 5.80. The second-order valence-corrected chi connectivity index (χ2v) is 3.27. The van der Waals surface area contributed by atoms with E-state index in [-0.39, 0.29) is 6.61 Å². The lowest BCUT2D eigenvalue weighted by Gasteiger charge is -2.10. The zero-order valence-corrected chi connectivity index (χ0v) is 10.1. The summed E-state index contributed by atoms with van der Waals surface area (Å²) >= 11 is 0. The van der Waals surface area contributed by atoms with Crippen molar-refractivity contribution >= 4 is 11.9 Å². The van der Waals surface area contributed by atoms with Gasteiger partial charge in [0.1, 0.15) is 19.1 Å². The number of carbonyl (C=O) groups is 2. The number of nitrogens with one attached hydrogen (secondary N) is 1. The van der Waals surface area contributed by atoms with Crippen LogP contribution in [0.15, 0.2) is 0 Å². The normalized spacial score (nSPS) is 13.0. The van der Waals surface area contributed by atoms with Crippen LogP contribution in [0, 0.1) is 0 Å². The second kappa shape index (κ2) is 8.58. The van der Waals surface area contributed by atoms with Crippen molar-refractivity contribution in [1.82, 2.24) is 5.32 Å². The topological polar surface area (TPSA) is 106 Å². The van der Waals surface area contributed by atoms with Crippen LogP contribution >= 0.6 is 0 Å². The highest BCUT2D eigenvalue weighted by Crippen LogP contribution is 2.12. The number of hydrogen-bond donors (Lipinski definition) is 2. The average molecular weight is 314 g/mol. The van der Waals surface area contributed by atoms with Crippen LogP contribution in [0.2, 0.25) is 0 Å². The van der Waals surface area contributed by atoms with E-state index in [9.17, 15) is 31.1 Å². The summed E-state index contributed by atoms with van der Waals surface area (Å²) in [6.07, 6.45) is -9.58. The van der Waals surface area contributed by atoms with Crippen LogP contribution in [0.4, 0.5) is 26.3 Å². The summed E-state index contributed by atoms with van der Waals surface area (Å²) < 4.78 is 70.9. The van der Waals surface area contributed by atoms with Gasteiger partial charge in [0.05, 0.1) is 0 Å². The Morgan fingerprint density at radius 2 is 1.65 bits per heavy atom. The zero-order valence-electron chi connectivity index (χ0n) is 10.1. The number of rotatable bonds is 4. The van der Waals surface area contributed by atoms with Crippen LogP contribution in [0.1, 0.15) is 0 Å². The van der Waals surface area contributed by atoms with Crippen LogP contribution < -0.4 is 16.2 Å². The third-order valence-corrected chi connectivity index (χ3v) is 1.43. The Labute approximate surface area is 108 Å². The lowest BCUT2D eigenvalue weighted by Crippen LogP contribution is -2.69. The van der Waals surface area contributed by atoms with Gasteiger partial charge in [0, 0.05) is 7.11 Å². The van der Waals surface area contributed by atoms with Gasteiger partial charge in [-0.05, 0) is 0 Å². The Kier molecular flexibility index (Phi) is 8.90. The minimum atomic E-state index is -5.19. The first-order valence-corrected chi connectivity index (χ1v) is 4.76. The van der Waals surface area contributed by atoms with Gasteiger partial charge < -0.3 is 25.7 Å². The van der Waals surface area contributed by atoms with Gasteiger partial charge in [-0.2, -0.15) is 26.3 Å². The minimum Gasteiger partial charge on any atom is -0.542 e. The van der Waals surface area contributed by atoms with Crippen molar-refractivity contribution < 1.29 is 51.5 Å². The lowest BCUT2D eigenvalue weighted by atomic mass is 10.3. The molecule has 1 unspecified atom stereocenters. The molecule has 0 aliphatic heterocycles. The van der Waals surface area contributed by atoms with E-state index in [0.717, 1.165) is 0 Å². The molecule has 120 valence electrons. The quantitative estimate of drug-likeness (QED) is 0.598. The van der Waals surface area contributed by atoms with Crippen molar-refractivity contribution in [3.05, 3.63) is 0 Å². The van der Waals surface area contributed by atoms with Crippen LogP contribution in [0.3, 0.4) is 0 Å². The standard InChI is InChI=1S/C6H11F3N2O2.C2HF3O2/c1-13-2-4(10)5(12)11-3-6(7,8)9;3-2(4,5)1(6)7/h4H,2-3,10H2,1H3,(H,11,12);(H,6,7). The number of hydrogen-bond acceptors (Lipinski definition) is 4. The van der Waals surface area contributed by atoms with Crippen molar-refractivity contribution in [3.63, 3.8) is 0 Å². The van der Waals surface area contributed by atoms with Crippen molar-refractivity contribution in [2.45, 2.75) is 18.4 Å². The highest BCUT2D eigenvalue weighted by Gasteiger charge is 2.29. The van der Waals surface area contributed by atoms with Gasteiger partial charge in [-0.25, -0.2) is 0 Å². The van der Waals surface area contributed by atoms with E-state index in [1.165, 1.54) is 7.11 Å². The van der Waals surface area contributed by atoms with E-state index in [1.807, 2.05) is 0 Å². The number of methoxy groups -OCH3 is 1. The van der Waals surface area contributed by atoms with Crippen molar-refractivity contribution in [2.75, 3.05) is 20.3 Å². The van der Waals surface area contributed by atoms with Crippen LogP contribution in [0.25, 0.3) is 0 Å². The third-order valence-electron chi connectivity index (χ3n) is 1.43. The maximum absolute atomic E-state index is 11.6. The van der Waals surface area contributed by atoms with Crippen LogP contribution in [-0.2, 0) is 14.3 Å². The molecule has 0 aromatic rings. The van der Waals surface area contributed by atoms with Crippen LogP contribution in [0.5, 0.6) is 0 Å². The molecule has 0 saturated carbocycles. The van der Waals surface area contributed by atoms with Crippen molar-refractivity contribution in [3.8, 4) is 0 Å². The zero-order chi connectivity index (χ0) is 16.6. The fraction of sp³-hybridized carbons (Fsp3) is 0.750. The number of carboxylic acid groups (broad SMARTS) is 1. The lowest BCUT2D eigenvalue weighted by molar-refractivity contribution is -0.410. The summed E-state index contributed by atoms with van der Waals surface area (Å²) in [5.41, 5.74) is 3.32. The van der Waals surface area contributed by atoms with E-state index in [1.54, 1.807) is 5.32 Å². The molecule has 0 heterocycles. The number of carbonyl (C=O) groups excluding carboxylic acids is 2. The average Bonchev–Trinajstić information content (AvgIpc) is 2.24. The van der Waals surface area contributed by atoms with Crippen LogP contribution in [-0.4, -0.2) is 50.5 Å². The molecule has 20 heavy (non-hydrogen) atoms.